The summed E-state index contributed by atoms with van der Waals surface area (Å²) in [6.07, 6.45) is 0. The smallest absolute Gasteiger partial charge is 0.298 e. The van der Waals surface area contributed by atoms with E-state index in [1.54, 1.807) is 0 Å². The fourth-order valence-corrected chi connectivity index (χ4v) is 4.71. The SMILES string of the molecule is [C-]#[N+]c1ccc2c(c1)oc1c(-c3n(-c4ccccc4)c4ccccc4[n+]3C)c(C)ccc12. The van der Waals surface area contributed by atoms with E-state index in [-0.39, 0.29) is 0 Å². The van der Waals surface area contributed by atoms with E-state index in [9.17, 15) is 0 Å². The molecule has 0 aliphatic heterocycles. The van der Waals surface area contributed by atoms with Crippen molar-refractivity contribution in [1.82, 2.24) is 4.57 Å². The van der Waals surface area contributed by atoms with Gasteiger partial charge in [-0.05, 0) is 42.8 Å². The number of fused-ring (bicyclic) bond motifs is 4. The third kappa shape index (κ3) is 2.52. The monoisotopic (exact) mass is 414 g/mol. The van der Waals surface area contributed by atoms with Crippen LogP contribution in [0.2, 0.25) is 0 Å². The van der Waals surface area contributed by atoms with Gasteiger partial charge in [0.15, 0.2) is 22.3 Å². The van der Waals surface area contributed by atoms with E-state index in [4.69, 9.17) is 11.0 Å². The average molecular weight is 414 g/mol. The number of aryl methyl sites for hydroxylation is 2. The van der Waals surface area contributed by atoms with E-state index in [1.807, 2.05) is 24.3 Å². The number of imidazole rings is 1. The highest BCUT2D eigenvalue weighted by Crippen LogP contribution is 2.39. The molecule has 6 aromatic rings. The summed E-state index contributed by atoms with van der Waals surface area (Å²) in [7, 11) is 2.11. The largest absolute Gasteiger partial charge is 0.456 e. The van der Waals surface area contributed by atoms with Crippen LogP contribution in [0.5, 0.6) is 0 Å². The van der Waals surface area contributed by atoms with E-state index >= 15 is 0 Å². The summed E-state index contributed by atoms with van der Waals surface area (Å²) >= 11 is 0. The van der Waals surface area contributed by atoms with Gasteiger partial charge in [0.1, 0.15) is 16.8 Å². The second-order valence-corrected chi connectivity index (χ2v) is 8.07. The molecular formula is C28H20N3O+. The number of nitrogens with zero attached hydrogens (tertiary/aromatic N) is 3. The van der Waals surface area contributed by atoms with Crippen LogP contribution >= 0.6 is 0 Å². The first-order valence-corrected chi connectivity index (χ1v) is 10.6. The maximum atomic E-state index is 7.35. The first kappa shape index (κ1) is 18.4. The van der Waals surface area contributed by atoms with Gasteiger partial charge in [-0.15, -0.1) is 0 Å². The molecule has 0 bridgehead atoms. The van der Waals surface area contributed by atoms with Crippen molar-refractivity contribution >= 4 is 38.7 Å². The summed E-state index contributed by atoms with van der Waals surface area (Å²) in [5.41, 5.74) is 7.75. The second-order valence-electron chi connectivity index (χ2n) is 8.07. The standard InChI is InChI=1S/C28H20N3O/c1-18-13-15-22-21-16-14-19(29-2)17-25(21)32-27(22)26(18)28-30(3)23-11-7-8-12-24(23)31(28)20-9-5-4-6-10-20/h4-17H,1,3H3/q+1. The van der Waals surface area contributed by atoms with Crippen LogP contribution in [-0.4, -0.2) is 4.57 Å². The van der Waals surface area contributed by atoms with Crippen LogP contribution < -0.4 is 4.57 Å². The lowest BCUT2D eigenvalue weighted by atomic mass is 10.0. The number of furan rings is 1. The van der Waals surface area contributed by atoms with E-state index in [0.29, 0.717) is 5.69 Å². The molecule has 0 radical (unpaired) electrons. The maximum Gasteiger partial charge on any atom is 0.298 e. The quantitative estimate of drug-likeness (QED) is 0.224. The first-order valence-electron chi connectivity index (χ1n) is 10.6. The second kappa shape index (κ2) is 6.83. The molecule has 0 aliphatic carbocycles. The molecule has 6 rings (SSSR count). The summed E-state index contributed by atoms with van der Waals surface area (Å²) in [6, 6.07) is 28.8. The van der Waals surface area contributed by atoms with Crippen molar-refractivity contribution in [3.8, 4) is 17.1 Å². The molecule has 0 amide bonds. The Hall–Kier alpha value is -4.36. The number of rotatable bonds is 2. The van der Waals surface area contributed by atoms with Gasteiger partial charge in [0.2, 0.25) is 0 Å². The summed E-state index contributed by atoms with van der Waals surface area (Å²) in [5, 5.41) is 2.08. The lowest BCUT2D eigenvalue weighted by molar-refractivity contribution is -0.633. The van der Waals surface area contributed by atoms with E-state index in [1.165, 1.54) is 0 Å². The van der Waals surface area contributed by atoms with Gasteiger partial charge in [-0.2, -0.15) is 4.57 Å². The minimum atomic E-state index is 0.582. The van der Waals surface area contributed by atoms with Gasteiger partial charge >= 0.3 is 0 Å². The zero-order valence-corrected chi connectivity index (χ0v) is 17.8. The molecule has 4 aromatic carbocycles. The van der Waals surface area contributed by atoms with E-state index in [2.05, 4.69) is 88.6 Å². The molecule has 4 nitrogen and oxygen atoms in total. The molecule has 0 spiro atoms. The summed E-state index contributed by atoms with van der Waals surface area (Å²) < 4.78 is 11.0. The number of para-hydroxylation sites is 3. The Morgan fingerprint density at radius 1 is 0.875 bits per heavy atom. The van der Waals surface area contributed by atoms with E-state index < -0.39 is 0 Å². The third-order valence-corrected chi connectivity index (χ3v) is 6.21. The zero-order chi connectivity index (χ0) is 21.8. The van der Waals surface area contributed by atoms with Gasteiger partial charge in [-0.25, -0.2) is 9.41 Å². The Balaban J connectivity index is 1.79. The molecule has 0 fully saturated rings. The molecule has 0 unspecified atom stereocenters. The van der Waals surface area contributed by atoms with Gasteiger partial charge in [-0.1, -0.05) is 54.6 Å². The maximum absolute atomic E-state index is 7.35. The van der Waals surface area contributed by atoms with Crippen molar-refractivity contribution in [3.63, 3.8) is 0 Å². The van der Waals surface area contributed by atoms with Gasteiger partial charge < -0.3 is 4.42 Å². The summed E-state index contributed by atoms with van der Waals surface area (Å²) in [5.74, 6) is 1.06. The van der Waals surface area contributed by atoms with Crippen molar-refractivity contribution in [1.29, 1.82) is 0 Å². The number of benzene rings is 4. The van der Waals surface area contributed by atoms with Crippen LogP contribution in [0.3, 0.4) is 0 Å². The van der Waals surface area contributed by atoms with Crippen LogP contribution in [0.4, 0.5) is 5.69 Å². The third-order valence-electron chi connectivity index (χ3n) is 6.21. The molecule has 0 N–H and O–H groups in total. The minimum absolute atomic E-state index is 0.582. The highest BCUT2D eigenvalue weighted by Gasteiger charge is 2.30. The highest BCUT2D eigenvalue weighted by atomic mass is 16.3. The zero-order valence-electron chi connectivity index (χ0n) is 17.8. The van der Waals surface area contributed by atoms with Crippen molar-refractivity contribution in [2.75, 3.05) is 0 Å². The van der Waals surface area contributed by atoms with Gasteiger partial charge in [0.05, 0.1) is 13.6 Å². The summed E-state index contributed by atoms with van der Waals surface area (Å²) in [6.45, 7) is 9.48. The molecule has 152 valence electrons. The lowest BCUT2D eigenvalue weighted by Crippen LogP contribution is -2.30. The fraction of sp³-hybridized carbons (Fsp3) is 0.0714. The molecule has 0 aliphatic rings. The Labute approximate surface area is 185 Å². The molecule has 32 heavy (non-hydrogen) atoms. The lowest BCUT2D eigenvalue weighted by Gasteiger charge is -2.07. The van der Waals surface area contributed by atoms with Gasteiger partial charge in [0.25, 0.3) is 5.82 Å². The van der Waals surface area contributed by atoms with Crippen molar-refractivity contribution < 1.29 is 8.98 Å². The molecule has 4 heteroatoms. The number of aromatic nitrogens is 2. The predicted molar refractivity (Wildman–Crippen MR) is 128 cm³/mol. The van der Waals surface area contributed by atoms with Gasteiger partial charge in [-0.3, -0.25) is 0 Å². The molecule has 0 saturated heterocycles. The van der Waals surface area contributed by atoms with Crippen LogP contribution in [0, 0.1) is 13.5 Å². The molecular weight excluding hydrogens is 394 g/mol. The predicted octanol–water partition coefficient (Wildman–Crippen LogP) is 6.88. The number of hydrogen-bond acceptors (Lipinski definition) is 1. The highest BCUT2D eigenvalue weighted by molar-refractivity contribution is 6.10. The van der Waals surface area contributed by atoms with E-state index in [0.717, 1.165) is 55.6 Å². The molecule has 0 atom stereocenters. The normalized spacial score (nSPS) is 11.4. The Morgan fingerprint density at radius 3 is 2.44 bits per heavy atom. The fourth-order valence-electron chi connectivity index (χ4n) is 4.71. The molecule has 2 heterocycles. The van der Waals surface area contributed by atoms with Crippen molar-refractivity contribution in [3.05, 3.63) is 102 Å². The van der Waals surface area contributed by atoms with Crippen LogP contribution in [0.1, 0.15) is 5.56 Å². The molecule has 2 aromatic heterocycles. The summed E-state index contributed by atoms with van der Waals surface area (Å²) in [4.78, 5) is 3.57. The van der Waals surface area contributed by atoms with Crippen molar-refractivity contribution in [2.24, 2.45) is 7.05 Å². The number of hydrogen-bond donors (Lipinski definition) is 0. The average Bonchev–Trinajstić information content (AvgIpc) is 3.34. The Kier molecular flexibility index (Phi) is 3.93. The van der Waals surface area contributed by atoms with Crippen LogP contribution in [0.15, 0.2) is 89.3 Å². The minimum Gasteiger partial charge on any atom is -0.456 e. The van der Waals surface area contributed by atoms with Crippen LogP contribution in [-0.2, 0) is 7.05 Å². The topological polar surface area (TPSA) is 26.3 Å². The van der Waals surface area contributed by atoms with Gasteiger partial charge in [0, 0.05) is 10.8 Å². The Morgan fingerprint density at radius 2 is 1.62 bits per heavy atom. The molecule has 0 saturated carbocycles. The Bertz CT molecular complexity index is 1700. The first-order chi connectivity index (χ1) is 15.7. The van der Waals surface area contributed by atoms with Crippen LogP contribution in [0.25, 0.3) is 54.9 Å². The van der Waals surface area contributed by atoms with Crippen molar-refractivity contribution in [2.45, 2.75) is 6.92 Å².